The average molecular weight is 623 g/mol. The van der Waals surface area contributed by atoms with Crippen molar-refractivity contribution in [3.63, 3.8) is 0 Å². The van der Waals surface area contributed by atoms with Gasteiger partial charge >= 0.3 is 0 Å². The lowest BCUT2D eigenvalue weighted by atomic mass is 10.1. The number of hydrogen-bond acceptors (Lipinski definition) is 7. The highest BCUT2D eigenvalue weighted by Gasteiger charge is 2.38. The summed E-state index contributed by atoms with van der Waals surface area (Å²) < 4.78 is 12.2. The summed E-state index contributed by atoms with van der Waals surface area (Å²) in [5.41, 5.74) is 6.27. The zero-order valence-corrected chi connectivity index (χ0v) is 27.0. The van der Waals surface area contributed by atoms with Gasteiger partial charge in [-0.05, 0) is 94.2 Å². The second-order valence-electron chi connectivity index (χ2n) is 12.3. The molecule has 4 aliphatic rings. The highest BCUT2D eigenvalue weighted by atomic mass is 16.5. The molecule has 0 bridgehead atoms. The molecule has 6 rings (SSSR count). The van der Waals surface area contributed by atoms with E-state index < -0.39 is 6.23 Å². The number of hydrogen-bond donors (Lipinski definition) is 2. The molecule has 0 radical (unpaired) electrons. The van der Waals surface area contributed by atoms with Crippen molar-refractivity contribution in [2.75, 3.05) is 18.5 Å². The minimum atomic E-state index is -0.888. The first-order chi connectivity index (χ1) is 22.3. The van der Waals surface area contributed by atoms with E-state index in [1.54, 1.807) is 9.80 Å². The van der Waals surface area contributed by atoms with Crippen molar-refractivity contribution in [2.24, 2.45) is 4.99 Å². The number of anilines is 1. The van der Waals surface area contributed by atoms with Crippen LogP contribution in [0.4, 0.5) is 11.4 Å². The first-order valence-corrected chi connectivity index (χ1v) is 16.1. The molecule has 4 heterocycles. The third-order valence-corrected chi connectivity index (χ3v) is 8.87. The van der Waals surface area contributed by atoms with Crippen LogP contribution in [-0.4, -0.2) is 64.5 Å². The molecule has 0 saturated heterocycles. The summed E-state index contributed by atoms with van der Waals surface area (Å²) in [6.07, 6.45) is 16.6. The molecule has 4 aliphatic heterocycles. The number of amides is 2. The molecule has 0 aromatic heterocycles. The van der Waals surface area contributed by atoms with Gasteiger partial charge in [0.25, 0.3) is 11.8 Å². The number of benzene rings is 2. The Bertz CT molecular complexity index is 1690. The lowest BCUT2D eigenvalue weighted by Gasteiger charge is -2.24. The Balaban J connectivity index is 0.999. The van der Waals surface area contributed by atoms with Gasteiger partial charge in [0.15, 0.2) is 0 Å². The Labute approximate surface area is 270 Å². The van der Waals surface area contributed by atoms with Crippen LogP contribution >= 0.6 is 0 Å². The van der Waals surface area contributed by atoms with Crippen LogP contribution in [-0.2, 0) is 0 Å². The normalized spacial score (nSPS) is 21.8. The van der Waals surface area contributed by atoms with E-state index in [2.05, 4.69) is 10.3 Å². The van der Waals surface area contributed by atoms with E-state index in [1.807, 2.05) is 94.9 Å². The largest absolute Gasteiger partial charge is 0.493 e. The number of unbranched alkanes of at least 4 members (excludes halogenated alkanes) is 2. The molecule has 0 spiro atoms. The van der Waals surface area contributed by atoms with Gasteiger partial charge in [0, 0.05) is 30.7 Å². The van der Waals surface area contributed by atoms with Crippen molar-refractivity contribution in [1.82, 2.24) is 9.80 Å². The molecule has 0 saturated carbocycles. The van der Waals surface area contributed by atoms with Gasteiger partial charge in [0.05, 0.1) is 47.8 Å². The summed E-state index contributed by atoms with van der Waals surface area (Å²) in [4.78, 5) is 34.7. The van der Waals surface area contributed by atoms with Gasteiger partial charge in [0.1, 0.15) is 17.7 Å². The molecule has 0 aliphatic carbocycles. The quantitative estimate of drug-likeness (QED) is 0.285. The number of ether oxygens (including phenoxy) is 2. The predicted molar refractivity (Wildman–Crippen MR) is 180 cm³/mol. The smallest absolute Gasteiger partial charge is 0.260 e. The lowest BCUT2D eigenvalue weighted by Crippen LogP contribution is -2.42. The summed E-state index contributed by atoms with van der Waals surface area (Å²) in [6, 6.07) is 7.00. The van der Waals surface area contributed by atoms with E-state index in [1.165, 1.54) is 0 Å². The van der Waals surface area contributed by atoms with Crippen LogP contribution in [0.15, 0.2) is 77.1 Å². The van der Waals surface area contributed by atoms with Gasteiger partial charge in [-0.1, -0.05) is 24.3 Å². The van der Waals surface area contributed by atoms with Crippen molar-refractivity contribution in [1.29, 1.82) is 0 Å². The summed E-state index contributed by atoms with van der Waals surface area (Å²) in [5, 5.41) is 14.0. The molecule has 9 heteroatoms. The summed E-state index contributed by atoms with van der Waals surface area (Å²) in [6.45, 7) is 8.88. The third-order valence-electron chi connectivity index (χ3n) is 8.87. The molecule has 46 heavy (non-hydrogen) atoms. The van der Waals surface area contributed by atoms with Crippen molar-refractivity contribution in [3.05, 3.63) is 94.4 Å². The average Bonchev–Trinajstić information content (AvgIpc) is 3.60. The Morgan fingerprint density at radius 2 is 1.46 bits per heavy atom. The van der Waals surface area contributed by atoms with E-state index in [9.17, 15) is 14.7 Å². The van der Waals surface area contributed by atoms with Gasteiger partial charge in [-0.2, -0.15) is 0 Å². The minimum Gasteiger partial charge on any atom is -0.493 e. The predicted octanol–water partition coefficient (Wildman–Crippen LogP) is 6.74. The van der Waals surface area contributed by atoms with E-state index in [-0.39, 0.29) is 23.9 Å². The Kier molecular flexibility index (Phi) is 9.12. The first kappa shape index (κ1) is 31.4. The fourth-order valence-electron chi connectivity index (χ4n) is 6.49. The van der Waals surface area contributed by atoms with Crippen LogP contribution in [0.25, 0.3) is 0 Å². The number of fused-ring (bicyclic) bond motifs is 4. The summed E-state index contributed by atoms with van der Waals surface area (Å²) in [5.74, 6) is 1.27. The molecule has 240 valence electrons. The fraction of sp³-hybridized carbons (Fsp3) is 0.378. The van der Waals surface area contributed by atoms with Gasteiger partial charge in [-0.25, -0.2) is 0 Å². The second-order valence-corrected chi connectivity index (χ2v) is 12.3. The number of aryl methyl sites for hydroxylation is 2. The van der Waals surface area contributed by atoms with Crippen molar-refractivity contribution >= 4 is 29.4 Å². The molecule has 2 aromatic rings. The SMILES string of the molecule is C/C=C/C1=CN2C(=O)c3cc(C)c(OCCCCCOc4cc5c(cc4C)C(=O)N4C=C(/C=C/C)C[C@H]4C(O)N5)cc3N=C[C@@H]2C1. The van der Waals surface area contributed by atoms with Gasteiger partial charge < -0.3 is 29.7 Å². The van der Waals surface area contributed by atoms with Gasteiger partial charge in [-0.3, -0.25) is 14.6 Å². The maximum absolute atomic E-state index is 13.4. The molecule has 1 unspecified atom stereocenters. The Morgan fingerprint density at radius 1 is 0.848 bits per heavy atom. The van der Waals surface area contributed by atoms with Crippen molar-refractivity contribution in [2.45, 2.75) is 78.1 Å². The minimum absolute atomic E-state index is 0.0360. The van der Waals surface area contributed by atoms with Crippen LogP contribution in [0, 0.1) is 13.8 Å². The van der Waals surface area contributed by atoms with Crippen LogP contribution in [0.5, 0.6) is 11.5 Å². The molecular weight excluding hydrogens is 580 g/mol. The van der Waals surface area contributed by atoms with Gasteiger partial charge in [-0.15, -0.1) is 0 Å². The zero-order chi connectivity index (χ0) is 32.4. The van der Waals surface area contributed by atoms with E-state index in [4.69, 9.17) is 9.47 Å². The fourth-order valence-corrected chi connectivity index (χ4v) is 6.49. The van der Waals surface area contributed by atoms with Crippen molar-refractivity contribution < 1.29 is 24.2 Å². The van der Waals surface area contributed by atoms with Gasteiger partial charge in [0.2, 0.25) is 0 Å². The number of carbonyl (C=O) groups excluding carboxylic acids is 2. The number of allylic oxidation sites excluding steroid dienone is 4. The number of carbonyl (C=O) groups is 2. The molecular formula is C37H42N4O5. The lowest BCUT2D eigenvalue weighted by molar-refractivity contribution is 0.0643. The summed E-state index contributed by atoms with van der Waals surface area (Å²) >= 11 is 0. The maximum Gasteiger partial charge on any atom is 0.260 e. The number of aliphatic imine (C=N–C) groups is 1. The first-order valence-electron chi connectivity index (χ1n) is 16.1. The molecule has 3 atom stereocenters. The number of aliphatic hydroxyl groups excluding tert-OH is 1. The zero-order valence-electron chi connectivity index (χ0n) is 27.0. The standard InChI is InChI=1S/C37H42N4O5/c1-5-10-25-16-27-20-38-30-18-33(23(3)14-28(30)36(43)40(27)21-25)45-12-8-7-9-13-46-34-19-31-29(15-24(34)4)37(44)41-22-26(11-6-2)17-32(41)35(42)39-31/h5-6,10-11,14-15,18-22,27,32,35,39,42H,7-9,12-13,16-17H2,1-4H3/b10-5+,11-6+/t27-,32-,35?/m0/s1. The monoisotopic (exact) mass is 622 g/mol. The van der Waals surface area contributed by atoms with Crippen LogP contribution < -0.4 is 14.8 Å². The maximum atomic E-state index is 13.4. The van der Waals surface area contributed by atoms with E-state index in [0.717, 1.165) is 53.7 Å². The molecule has 0 fully saturated rings. The topological polar surface area (TPSA) is 104 Å². The van der Waals surface area contributed by atoms with Crippen molar-refractivity contribution in [3.8, 4) is 11.5 Å². The number of nitrogens with one attached hydrogen (secondary N) is 1. The Morgan fingerprint density at radius 3 is 2.15 bits per heavy atom. The number of rotatable bonds is 10. The van der Waals surface area contributed by atoms with E-state index in [0.29, 0.717) is 47.9 Å². The number of nitrogens with zero attached hydrogens (tertiary/aromatic N) is 3. The third kappa shape index (κ3) is 6.24. The molecule has 2 aromatic carbocycles. The highest BCUT2D eigenvalue weighted by Crippen LogP contribution is 2.37. The number of aliphatic hydroxyl groups is 1. The van der Waals surface area contributed by atoms with Crippen LogP contribution in [0.2, 0.25) is 0 Å². The highest BCUT2D eigenvalue weighted by molar-refractivity contribution is 6.04. The second kappa shape index (κ2) is 13.4. The Hall–Kier alpha value is -4.63. The summed E-state index contributed by atoms with van der Waals surface area (Å²) in [7, 11) is 0. The van der Waals surface area contributed by atoms with Crippen LogP contribution in [0.3, 0.4) is 0 Å². The molecule has 9 nitrogen and oxygen atoms in total. The molecule has 2 amide bonds. The van der Waals surface area contributed by atoms with E-state index >= 15 is 0 Å². The molecule has 2 N–H and O–H groups in total. The van der Waals surface area contributed by atoms with Crippen LogP contribution in [0.1, 0.15) is 77.8 Å².